The molecule has 1 aliphatic heterocycles. The number of β-amino-alcohol motifs (C(OH)–C–C–N with tert-alkyl or cyclic N) is 1. The Balaban J connectivity index is 1.97. The molecule has 0 aliphatic carbocycles. The summed E-state index contributed by atoms with van der Waals surface area (Å²) >= 11 is 0. The highest BCUT2D eigenvalue weighted by Crippen LogP contribution is 2.14. The van der Waals surface area contributed by atoms with Crippen LogP contribution in [0.4, 0.5) is 4.79 Å². The van der Waals surface area contributed by atoms with Crippen molar-refractivity contribution in [3.05, 3.63) is 35.4 Å². The lowest BCUT2D eigenvalue weighted by molar-refractivity contribution is 0.0765. The van der Waals surface area contributed by atoms with Crippen LogP contribution in [0.1, 0.15) is 22.3 Å². The van der Waals surface area contributed by atoms with Crippen molar-refractivity contribution in [2.75, 3.05) is 13.1 Å². The Bertz CT molecular complexity index is 475. The summed E-state index contributed by atoms with van der Waals surface area (Å²) in [6.45, 7) is 1.32. The number of carbonyl (C=O) groups is 2. The molecule has 1 aromatic carbocycles. The van der Waals surface area contributed by atoms with E-state index in [9.17, 15) is 14.7 Å². The van der Waals surface area contributed by atoms with Crippen LogP contribution in [0.5, 0.6) is 0 Å². The van der Waals surface area contributed by atoms with E-state index in [1.807, 2.05) is 0 Å². The molecule has 1 heterocycles. The standard InChI is InChI=1S/C13H15BN2O3/c14-13(19)15-7-9-1-3-10(4-2-9)12(18)16-6-5-11(17)8-16/h1-4,11,17H,5-8H2,(H,15,19)/t11-/m1/s1. The first-order valence-electron chi connectivity index (χ1n) is 6.16. The number of rotatable bonds is 3. The molecule has 0 spiro atoms. The third kappa shape index (κ3) is 3.57. The number of aliphatic hydroxyl groups is 1. The van der Waals surface area contributed by atoms with Crippen LogP contribution in [-0.2, 0) is 6.54 Å². The molecule has 2 N–H and O–H groups in total. The SMILES string of the molecule is [B]C(=O)NCc1ccc(C(=O)N2CC[C@@H](O)C2)cc1. The maximum absolute atomic E-state index is 12.1. The van der Waals surface area contributed by atoms with Gasteiger partial charge in [0.1, 0.15) is 0 Å². The molecule has 0 aromatic heterocycles. The van der Waals surface area contributed by atoms with E-state index in [0.717, 1.165) is 5.56 Å². The first-order chi connectivity index (χ1) is 9.06. The molecular formula is C13H15BN2O3. The Morgan fingerprint density at radius 3 is 2.58 bits per heavy atom. The number of aliphatic hydroxyl groups excluding tert-OH is 1. The van der Waals surface area contributed by atoms with Crippen molar-refractivity contribution in [3.8, 4) is 0 Å². The van der Waals surface area contributed by atoms with E-state index in [-0.39, 0.29) is 5.91 Å². The van der Waals surface area contributed by atoms with Crippen LogP contribution in [0.2, 0.25) is 0 Å². The molecule has 1 saturated heterocycles. The van der Waals surface area contributed by atoms with Gasteiger partial charge in [-0.05, 0) is 24.1 Å². The molecule has 5 nitrogen and oxygen atoms in total. The molecular weight excluding hydrogens is 243 g/mol. The van der Waals surface area contributed by atoms with Gasteiger partial charge >= 0.3 is 0 Å². The second-order valence-corrected chi connectivity index (χ2v) is 4.61. The molecule has 1 fully saturated rings. The van der Waals surface area contributed by atoms with Crippen molar-refractivity contribution in [2.45, 2.75) is 19.1 Å². The number of benzene rings is 1. The van der Waals surface area contributed by atoms with Crippen molar-refractivity contribution in [3.63, 3.8) is 0 Å². The summed E-state index contributed by atoms with van der Waals surface area (Å²) in [6, 6.07) is 6.97. The zero-order valence-electron chi connectivity index (χ0n) is 10.5. The molecule has 19 heavy (non-hydrogen) atoms. The summed E-state index contributed by atoms with van der Waals surface area (Å²) in [7, 11) is 4.98. The molecule has 2 rings (SSSR count). The second-order valence-electron chi connectivity index (χ2n) is 4.61. The first-order valence-corrected chi connectivity index (χ1v) is 6.16. The lowest BCUT2D eigenvalue weighted by atomic mass is 10.1. The molecule has 1 aromatic rings. The summed E-state index contributed by atoms with van der Waals surface area (Å²) in [4.78, 5) is 24.3. The third-order valence-electron chi connectivity index (χ3n) is 3.12. The largest absolute Gasteiger partial charge is 0.391 e. The summed E-state index contributed by atoms with van der Waals surface area (Å²) in [6.07, 6.45) is 0.217. The summed E-state index contributed by atoms with van der Waals surface area (Å²) in [5.41, 5.74) is 1.45. The van der Waals surface area contributed by atoms with E-state index in [1.54, 1.807) is 29.2 Å². The van der Waals surface area contributed by atoms with Gasteiger partial charge < -0.3 is 15.3 Å². The quantitative estimate of drug-likeness (QED) is 0.764. The van der Waals surface area contributed by atoms with E-state index >= 15 is 0 Å². The molecule has 0 saturated carbocycles. The summed E-state index contributed by atoms with van der Waals surface area (Å²) < 4.78 is 0. The highest BCUT2D eigenvalue weighted by Gasteiger charge is 2.25. The van der Waals surface area contributed by atoms with E-state index < -0.39 is 11.9 Å². The van der Waals surface area contributed by atoms with Crippen LogP contribution in [-0.4, -0.2) is 48.8 Å². The number of nitrogens with zero attached hydrogens (tertiary/aromatic N) is 1. The van der Waals surface area contributed by atoms with Crippen molar-refractivity contribution in [1.82, 2.24) is 10.2 Å². The number of nitrogens with one attached hydrogen (secondary N) is 1. The molecule has 2 radical (unpaired) electrons. The van der Waals surface area contributed by atoms with Crippen LogP contribution in [0.15, 0.2) is 24.3 Å². The molecule has 1 atom stereocenters. The molecule has 0 unspecified atom stereocenters. The number of carbonyl (C=O) groups excluding carboxylic acids is 2. The first kappa shape index (κ1) is 13.6. The van der Waals surface area contributed by atoms with Crippen LogP contribution >= 0.6 is 0 Å². The fourth-order valence-corrected chi connectivity index (χ4v) is 2.06. The summed E-state index contributed by atoms with van der Waals surface area (Å²) in [5, 5.41) is 11.9. The number of amides is 2. The van der Waals surface area contributed by atoms with Gasteiger partial charge in [0.2, 0.25) is 7.85 Å². The minimum absolute atomic E-state index is 0.0778. The maximum atomic E-state index is 12.1. The molecule has 98 valence electrons. The van der Waals surface area contributed by atoms with Gasteiger partial charge in [-0.15, -0.1) is 0 Å². The van der Waals surface area contributed by atoms with Crippen LogP contribution < -0.4 is 5.32 Å². The second kappa shape index (κ2) is 5.88. The predicted octanol–water partition coefficient (Wildman–Crippen LogP) is 0.271. The lowest BCUT2D eigenvalue weighted by Gasteiger charge is -2.15. The average molecular weight is 258 g/mol. The zero-order chi connectivity index (χ0) is 13.8. The topological polar surface area (TPSA) is 69.6 Å². The highest BCUT2D eigenvalue weighted by atomic mass is 16.3. The van der Waals surface area contributed by atoms with Gasteiger partial charge in [-0.25, -0.2) is 0 Å². The van der Waals surface area contributed by atoms with Crippen LogP contribution in [0.25, 0.3) is 0 Å². The highest BCUT2D eigenvalue weighted by molar-refractivity contribution is 6.57. The zero-order valence-corrected chi connectivity index (χ0v) is 10.5. The Morgan fingerprint density at radius 2 is 2.05 bits per heavy atom. The fourth-order valence-electron chi connectivity index (χ4n) is 2.06. The monoisotopic (exact) mass is 258 g/mol. The molecule has 0 bridgehead atoms. The Kier molecular flexibility index (Phi) is 4.22. The Hall–Kier alpha value is -1.82. The Morgan fingerprint density at radius 1 is 1.37 bits per heavy atom. The third-order valence-corrected chi connectivity index (χ3v) is 3.12. The number of hydrogen-bond acceptors (Lipinski definition) is 3. The predicted molar refractivity (Wildman–Crippen MR) is 71.0 cm³/mol. The molecule has 2 amide bonds. The van der Waals surface area contributed by atoms with Gasteiger partial charge in [0.15, 0.2) is 5.81 Å². The smallest absolute Gasteiger partial charge is 0.253 e. The van der Waals surface area contributed by atoms with Crippen molar-refractivity contribution < 1.29 is 14.7 Å². The van der Waals surface area contributed by atoms with Gasteiger partial charge in [-0.2, -0.15) is 0 Å². The van der Waals surface area contributed by atoms with Crippen LogP contribution in [0.3, 0.4) is 0 Å². The normalized spacial score (nSPS) is 18.4. The van der Waals surface area contributed by atoms with Gasteiger partial charge in [0.05, 0.1) is 6.10 Å². The fraction of sp³-hybridized carbons (Fsp3) is 0.385. The minimum atomic E-state index is -0.578. The molecule has 1 aliphatic rings. The van der Waals surface area contributed by atoms with E-state index in [4.69, 9.17) is 7.85 Å². The lowest BCUT2D eigenvalue weighted by Crippen LogP contribution is -2.29. The van der Waals surface area contributed by atoms with Gasteiger partial charge in [-0.3, -0.25) is 9.59 Å². The Labute approximate surface area is 113 Å². The molecule has 6 heteroatoms. The van der Waals surface area contributed by atoms with Gasteiger partial charge in [-0.1, -0.05) is 12.1 Å². The van der Waals surface area contributed by atoms with Crippen molar-refractivity contribution in [1.29, 1.82) is 0 Å². The number of likely N-dealkylation sites (tertiary alicyclic amines) is 1. The van der Waals surface area contributed by atoms with E-state index in [0.29, 0.717) is 31.6 Å². The minimum Gasteiger partial charge on any atom is -0.391 e. The van der Waals surface area contributed by atoms with Gasteiger partial charge in [0.25, 0.3) is 5.91 Å². The maximum Gasteiger partial charge on any atom is 0.253 e. The average Bonchev–Trinajstić information content (AvgIpc) is 2.83. The number of hydrogen-bond donors (Lipinski definition) is 2. The van der Waals surface area contributed by atoms with Crippen molar-refractivity contribution in [2.24, 2.45) is 0 Å². The van der Waals surface area contributed by atoms with Crippen molar-refractivity contribution >= 4 is 19.6 Å². The van der Waals surface area contributed by atoms with Gasteiger partial charge in [0, 0.05) is 25.2 Å². The summed E-state index contributed by atoms with van der Waals surface area (Å²) in [5.74, 6) is -0.655. The van der Waals surface area contributed by atoms with Crippen LogP contribution in [0, 0.1) is 0 Å². The van der Waals surface area contributed by atoms with E-state index in [2.05, 4.69) is 5.32 Å². The van der Waals surface area contributed by atoms with E-state index in [1.165, 1.54) is 0 Å².